The maximum Gasteiger partial charge on any atom is 0.247 e. The lowest BCUT2D eigenvalue weighted by Gasteiger charge is -2.20. The fraction of sp³-hybridized carbons (Fsp3) is 0.208. The van der Waals surface area contributed by atoms with E-state index in [2.05, 4.69) is 10.3 Å². The fourth-order valence-corrected chi connectivity index (χ4v) is 3.18. The molecule has 0 unspecified atom stereocenters. The molecule has 0 saturated heterocycles. The number of carbonyl (C=O) groups excluding carboxylic acids is 2. The molecule has 3 rings (SSSR count). The van der Waals surface area contributed by atoms with E-state index in [0.717, 1.165) is 22.9 Å². The molecule has 0 fully saturated rings. The number of ether oxygens (including phenoxy) is 1. The quantitative estimate of drug-likeness (QED) is 0.574. The Kier molecular flexibility index (Phi) is 7.16. The topological polar surface area (TPSA) is 71.5 Å². The highest BCUT2D eigenvalue weighted by atomic mass is 16.5. The third kappa shape index (κ3) is 5.23. The van der Waals surface area contributed by atoms with E-state index in [1.54, 1.807) is 31.5 Å². The first-order chi connectivity index (χ1) is 14.6. The molecule has 0 radical (unpaired) electrons. The number of hydrogen-bond donors (Lipinski definition) is 1. The lowest BCUT2D eigenvalue weighted by atomic mass is 10.1. The molecule has 0 bridgehead atoms. The minimum Gasteiger partial charge on any atom is -0.495 e. The second kappa shape index (κ2) is 10.2. The maximum atomic E-state index is 12.8. The molecule has 2 amide bonds. The lowest BCUT2D eigenvalue weighted by Crippen LogP contribution is -2.37. The first kappa shape index (κ1) is 21.0. The van der Waals surface area contributed by atoms with Gasteiger partial charge in [0.1, 0.15) is 12.3 Å². The Balaban J connectivity index is 1.71. The van der Waals surface area contributed by atoms with Crippen molar-refractivity contribution in [2.75, 3.05) is 25.5 Å². The number of pyridine rings is 1. The summed E-state index contributed by atoms with van der Waals surface area (Å²) in [4.78, 5) is 31.2. The second-order valence-electron chi connectivity index (χ2n) is 6.76. The van der Waals surface area contributed by atoms with Gasteiger partial charge < -0.3 is 15.0 Å². The number of aromatic nitrogens is 1. The molecule has 6 nitrogen and oxygen atoms in total. The minimum atomic E-state index is -0.276. The van der Waals surface area contributed by atoms with Crippen molar-refractivity contribution in [3.63, 3.8) is 0 Å². The van der Waals surface area contributed by atoms with Crippen LogP contribution in [0.4, 0.5) is 5.69 Å². The number of methoxy groups -OCH3 is 1. The van der Waals surface area contributed by atoms with Crippen LogP contribution < -0.4 is 10.1 Å². The summed E-state index contributed by atoms with van der Waals surface area (Å²) in [6.45, 7) is 2.41. The first-order valence-electron chi connectivity index (χ1n) is 9.86. The van der Waals surface area contributed by atoms with E-state index in [1.165, 1.54) is 11.0 Å². The van der Waals surface area contributed by atoms with E-state index in [9.17, 15) is 9.59 Å². The monoisotopic (exact) mass is 403 g/mol. The summed E-state index contributed by atoms with van der Waals surface area (Å²) in [6, 6.07) is 16.9. The summed E-state index contributed by atoms with van der Waals surface area (Å²) in [5, 5.41) is 3.82. The summed E-state index contributed by atoms with van der Waals surface area (Å²) in [7, 11) is 1.55. The molecule has 2 aromatic carbocycles. The van der Waals surface area contributed by atoms with Gasteiger partial charge in [0.15, 0.2) is 0 Å². The molecule has 1 heterocycles. The molecule has 1 aromatic heterocycles. The Morgan fingerprint density at radius 3 is 2.70 bits per heavy atom. The summed E-state index contributed by atoms with van der Waals surface area (Å²) in [5.41, 5.74) is 2.27. The van der Waals surface area contributed by atoms with Crippen LogP contribution in [0.1, 0.15) is 18.9 Å². The zero-order chi connectivity index (χ0) is 21.3. The van der Waals surface area contributed by atoms with E-state index in [-0.39, 0.29) is 18.4 Å². The van der Waals surface area contributed by atoms with Crippen LogP contribution in [0.3, 0.4) is 0 Å². The van der Waals surface area contributed by atoms with Gasteiger partial charge in [-0.2, -0.15) is 0 Å². The van der Waals surface area contributed by atoms with E-state index in [4.69, 9.17) is 4.74 Å². The van der Waals surface area contributed by atoms with Gasteiger partial charge in [0.05, 0.1) is 18.3 Å². The predicted molar refractivity (Wildman–Crippen MR) is 119 cm³/mol. The van der Waals surface area contributed by atoms with Gasteiger partial charge in [0.2, 0.25) is 11.8 Å². The van der Waals surface area contributed by atoms with Crippen molar-refractivity contribution in [3.05, 3.63) is 72.4 Å². The van der Waals surface area contributed by atoms with Crippen LogP contribution in [0.2, 0.25) is 0 Å². The molecule has 0 aliphatic carbocycles. The van der Waals surface area contributed by atoms with Gasteiger partial charge in [-0.15, -0.1) is 0 Å². The Morgan fingerprint density at radius 1 is 1.10 bits per heavy atom. The highest BCUT2D eigenvalue weighted by molar-refractivity contribution is 5.99. The second-order valence-corrected chi connectivity index (χ2v) is 6.76. The van der Waals surface area contributed by atoms with E-state index in [0.29, 0.717) is 18.0 Å². The highest BCUT2D eigenvalue weighted by Crippen LogP contribution is 2.23. The molecule has 0 spiro atoms. The molecule has 0 saturated carbocycles. The van der Waals surface area contributed by atoms with Gasteiger partial charge in [0.25, 0.3) is 0 Å². The molecule has 30 heavy (non-hydrogen) atoms. The summed E-state index contributed by atoms with van der Waals surface area (Å²) in [5.74, 6) is 0.0732. The number of nitrogens with zero attached hydrogens (tertiary/aromatic N) is 2. The number of fused-ring (bicyclic) bond motifs is 1. The molecule has 1 N–H and O–H groups in total. The van der Waals surface area contributed by atoms with Crippen LogP contribution in [0.25, 0.3) is 17.0 Å². The number of amides is 2. The molecule has 154 valence electrons. The lowest BCUT2D eigenvalue weighted by molar-refractivity contribution is -0.130. The van der Waals surface area contributed by atoms with Crippen LogP contribution >= 0.6 is 0 Å². The summed E-state index contributed by atoms with van der Waals surface area (Å²) >= 11 is 0. The number of para-hydroxylation sites is 3. The van der Waals surface area contributed by atoms with E-state index < -0.39 is 0 Å². The molecule has 0 aliphatic rings. The molecule has 0 atom stereocenters. The smallest absolute Gasteiger partial charge is 0.247 e. The van der Waals surface area contributed by atoms with Crippen molar-refractivity contribution in [3.8, 4) is 5.75 Å². The molecule has 3 aromatic rings. The fourth-order valence-electron chi connectivity index (χ4n) is 3.18. The van der Waals surface area contributed by atoms with E-state index >= 15 is 0 Å². The molecule has 6 heteroatoms. The number of carbonyl (C=O) groups is 2. The SMILES string of the molecule is CCCN(CC(=O)Nc1ccccc1OC)C(=O)/C=C/c1cccc2cccnc12. The Labute approximate surface area is 176 Å². The maximum absolute atomic E-state index is 12.8. The number of benzene rings is 2. The van der Waals surface area contributed by atoms with Crippen molar-refractivity contribution < 1.29 is 14.3 Å². The Hall–Kier alpha value is -3.67. The van der Waals surface area contributed by atoms with E-state index in [1.807, 2.05) is 49.4 Å². The van der Waals surface area contributed by atoms with Crippen molar-refractivity contribution in [1.82, 2.24) is 9.88 Å². The summed E-state index contributed by atoms with van der Waals surface area (Å²) < 4.78 is 5.26. The van der Waals surface area contributed by atoms with Crippen molar-refractivity contribution in [1.29, 1.82) is 0 Å². The van der Waals surface area contributed by atoms with Crippen molar-refractivity contribution in [2.24, 2.45) is 0 Å². The normalized spacial score (nSPS) is 10.9. The Bertz CT molecular complexity index is 1060. The predicted octanol–water partition coefficient (Wildman–Crippen LogP) is 4.13. The zero-order valence-corrected chi connectivity index (χ0v) is 17.2. The van der Waals surface area contributed by atoms with Crippen LogP contribution in [0, 0.1) is 0 Å². The van der Waals surface area contributed by atoms with Crippen molar-refractivity contribution in [2.45, 2.75) is 13.3 Å². The van der Waals surface area contributed by atoms with Crippen LogP contribution in [0.5, 0.6) is 5.75 Å². The van der Waals surface area contributed by atoms with Crippen LogP contribution in [-0.2, 0) is 9.59 Å². The standard InChI is InChI=1S/C24H25N3O3/c1-3-16-27(17-22(28)26-20-11-4-5-12-21(20)30-2)23(29)14-13-19-9-6-8-18-10-7-15-25-24(18)19/h4-15H,3,16-17H2,1-2H3,(H,26,28)/b14-13+. The third-order valence-electron chi connectivity index (χ3n) is 4.59. The average molecular weight is 403 g/mol. The number of nitrogens with one attached hydrogen (secondary N) is 1. The van der Waals surface area contributed by atoms with Gasteiger partial charge in [-0.25, -0.2) is 0 Å². The van der Waals surface area contributed by atoms with Gasteiger partial charge in [-0.1, -0.05) is 43.3 Å². The van der Waals surface area contributed by atoms with Crippen LogP contribution in [0.15, 0.2) is 66.9 Å². The largest absolute Gasteiger partial charge is 0.495 e. The highest BCUT2D eigenvalue weighted by Gasteiger charge is 2.15. The zero-order valence-electron chi connectivity index (χ0n) is 17.2. The molecular formula is C24H25N3O3. The first-order valence-corrected chi connectivity index (χ1v) is 9.86. The van der Waals surface area contributed by atoms with Crippen molar-refractivity contribution >= 4 is 34.5 Å². The number of rotatable bonds is 8. The third-order valence-corrected chi connectivity index (χ3v) is 4.59. The molecular weight excluding hydrogens is 378 g/mol. The Morgan fingerprint density at radius 2 is 1.90 bits per heavy atom. The average Bonchev–Trinajstić information content (AvgIpc) is 2.77. The molecule has 0 aliphatic heterocycles. The van der Waals surface area contributed by atoms with Gasteiger partial charge in [0, 0.05) is 29.8 Å². The number of anilines is 1. The number of hydrogen-bond acceptors (Lipinski definition) is 4. The summed E-state index contributed by atoms with van der Waals surface area (Å²) in [6.07, 6.45) is 5.72. The minimum absolute atomic E-state index is 0.0388. The van der Waals surface area contributed by atoms with Crippen LogP contribution in [-0.4, -0.2) is 41.9 Å². The van der Waals surface area contributed by atoms with Gasteiger partial charge in [-0.3, -0.25) is 14.6 Å². The van der Waals surface area contributed by atoms with Gasteiger partial charge >= 0.3 is 0 Å². The van der Waals surface area contributed by atoms with Gasteiger partial charge in [-0.05, 0) is 30.7 Å².